The van der Waals surface area contributed by atoms with Gasteiger partial charge >= 0.3 is 0 Å². The van der Waals surface area contributed by atoms with Gasteiger partial charge in [0.25, 0.3) is 0 Å². The summed E-state index contributed by atoms with van der Waals surface area (Å²) in [6, 6.07) is 2.04. The van der Waals surface area contributed by atoms with E-state index < -0.39 is 0 Å². The van der Waals surface area contributed by atoms with Gasteiger partial charge in [-0.1, -0.05) is 0 Å². The van der Waals surface area contributed by atoms with Crippen LogP contribution in [0.5, 0.6) is 0 Å². The van der Waals surface area contributed by atoms with Crippen molar-refractivity contribution in [2.45, 2.75) is 38.1 Å². The first-order valence-corrected chi connectivity index (χ1v) is 8.33. The van der Waals surface area contributed by atoms with E-state index in [0.29, 0.717) is 12.3 Å². The van der Waals surface area contributed by atoms with Crippen molar-refractivity contribution >= 4 is 11.9 Å². The second-order valence-corrected chi connectivity index (χ2v) is 6.30. The third kappa shape index (κ3) is 4.16. The molecule has 1 amide bonds. The van der Waals surface area contributed by atoms with Crippen molar-refractivity contribution in [1.82, 2.24) is 20.6 Å². The Labute approximate surface area is 131 Å². The average molecular weight is 303 g/mol. The van der Waals surface area contributed by atoms with Gasteiger partial charge in [-0.15, -0.1) is 0 Å². The van der Waals surface area contributed by atoms with Crippen LogP contribution in [0.4, 0.5) is 5.95 Å². The Balaban J connectivity index is 1.44. The lowest BCUT2D eigenvalue weighted by atomic mass is 10.0. The molecule has 2 saturated heterocycles. The van der Waals surface area contributed by atoms with Crippen molar-refractivity contribution in [2.24, 2.45) is 5.92 Å². The molecule has 2 fully saturated rings. The summed E-state index contributed by atoms with van der Waals surface area (Å²) < 4.78 is 0. The molecule has 3 rings (SSSR count). The van der Waals surface area contributed by atoms with Crippen LogP contribution in [0.2, 0.25) is 0 Å². The number of carbonyl (C=O) groups is 1. The summed E-state index contributed by atoms with van der Waals surface area (Å²) in [5.74, 6) is 1.62. The van der Waals surface area contributed by atoms with Crippen LogP contribution in [-0.2, 0) is 4.79 Å². The van der Waals surface area contributed by atoms with Crippen LogP contribution in [0.1, 0.15) is 32.1 Å². The number of hydrogen-bond acceptors (Lipinski definition) is 5. The molecule has 6 heteroatoms. The highest BCUT2D eigenvalue weighted by atomic mass is 16.1. The van der Waals surface area contributed by atoms with Crippen LogP contribution in [-0.4, -0.2) is 48.1 Å². The molecule has 1 aromatic rings. The van der Waals surface area contributed by atoms with E-state index in [1.807, 2.05) is 6.07 Å². The highest BCUT2D eigenvalue weighted by Crippen LogP contribution is 2.17. The van der Waals surface area contributed by atoms with E-state index in [4.69, 9.17) is 0 Å². The Kier molecular flexibility index (Phi) is 5.21. The maximum atomic E-state index is 12.1. The van der Waals surface area contributed by atoms with Gasteiger partial charge in [-0.05, 0) is 50.8 Å². The van der Waals surface area contributed by atoms with E-state index in [0.717, 1.165) is 51.4 Å². The zero-order chi connectivity index (χ0) is 15.2. The molecule has 0 spiro atoms. The SMILES string of the molecule is O=C(CCC1CCNC1)NC1CCCN(c2ncccn2)C1. The van der Waals surface area contributed by atoms with Crippen LogP contribution < -0.4 is 15.5 Å². The summed E-state index contributed by atoms with van der Waals surface area (Å²) in [4.78, 5) is 22.9. The fraction of sp³-hybridized carbons (Fsp3) is 0.688. The third-order valence-corrected chi connectivity index (χ3v) is 4.56. The maximum Gasteiger partial charge on any atom is 0.225 e. The van der Waals surface area contributed by atoms with E-state index in [2.05, 4.69) is 25.5 Å². The van der Waals surface area contributed by atoms with E-state index in [1.165, 1.54) is 6.42 Å². The second-order valence-electron chi connectivity index (χ2n) is 6.30. The molecule has 0 saturated carbocycles. The lowest BCUT2D eigenvalue weighted by Gasteiger charge is -2.33. The van der Waals surface area contributed by atoms with Crippen molar-refractivity contribution in [3.05, 3.63) is 18.5 Å². The monoisotopic (exact) mass is 303 g/mol. The molecule has 2 N–H and O–H groups in total. The van der Waals surface area contributed by atoms with Crippen molar-refractivity contribution in [3.63, 3.8) is 0 Å². The van der Waals surface area contributed by atoms with Crippen molar-refractivity contribution in [2.75, 3.05) is 31.1 Å². The zero-order valence-corrected chi connectivity index (χ0v) is 13.0. The Bertz CT molecular complexity index is 475. The molecule has 2 aliphatic rings. The van der Waals surface area contributed by atoms with Gasteiger partial charge in [0.15, 0.2) is 0 Å². The molecule has 3 heterocycles. The van der Waals surface area contributed by atoms with Crippen LogP contribution >= 0.6 is 0 Å². The predicted molar refractivity (Wildman–Crippen MR) is 85.6 cm³/mol. The van der Waals surface area contributed by atoms with Gasteiger partial charge in [-0.25, -0.2) is 9.97 Å². The Morgan fingerprint density at radius 3 is 3.00 bits per heavy atom. The summed E-state index contributed by atoms with van der Waals surface area (Å²) in [6.45, 7) is 3.93. The number of hydrogen-bond donors (Lipinski definition) is 2. The van der Waals surface area contributed by atoms with Gasteiger partial charge in [0, 0.05) is 37.9 Å². The zero-order valence-electron chi connectivity index (χ0n) is 13.0. The molecule has 22 heavy (non-hydrogen) atoms. The number of carbonyl (C=O) groups excluding carboxylic acids is 1. The van der Waals surface area contributed by atoms with E-state index in [9.17, 15) is 4.79 Å². The summed E-state index contributed by atoms with van der Waals surface area (Å²) in [7, 11) is 0. The summed E-state index contributed by atoms with van der Waals surface area (Å²) in [6.07, 6.45) is 8.48. The van der Waals surface area contributed by atoms with Gasteiger partial charge in [-0.3, -0.25) is 4.79 Å². The van der Waals surface area contributed by atoms with E-state index in [1.54, 1.807) is 12.4 Å². The van der Waals surface area contributed by atoms with Crippen LogP contribution in [0.25, 0.3) is 0 Å². The minimum Gasteiger partial charge on any atom is -0.352 e. The fourth-order valence-electron chi connectivity index (χ4n) is 3.33. The fourth-order valence-corrected chi connectivity index (χ4v) is 3.33. The van der Waals surface area contributed by atoms with Gasteiger partial charge in [-0.2, -0.15) is 0 Å². The Hall–Kier alpha value is -1.69. The van der Waals surface area contributed by atoms with Gasteiger partial charge < -0.3 is 15.5 Å². The van der Waals surface area contributed by atoms with Crippen molar-refractivity contribution < 1.29 is 4.79 Å². The normalized spacial score (nSPS) is 25.2. The predicted octanol–water partition coefficient (Wildman–Crippen LogP) is 0.951. The molecular weight excluding hydrogens is 278 g/mol. The number of amides is 1. The number of nitrogens with zero attached hydrogens (tertiary/aromatic N) is 3. The first kappa shape index (κ1) is 15.2. The number of nitrogens with one attached hydrogen (secondary N) is 2. The van der Waals surface area contributed by atoms with E-state index in [-0.39, 0.29) is 11.9 Å². The Morgan fingerprint density at radius 1 is 1.36 bits per heavy atom. The van der Waals surface area contributed by atoms with Crippen molar-refractivity contribution in [3.8, 4) is 0 Å². The molecule has 1 aromatic heterocycles. The van der Waals surface area contributed by atoms with Gasteiger partial charge in [0.1, 0.15) is 0 Å². The molecule has 0 radical (unpaired) electrons. The smallest absolute Gasteiger partial charge is 0.225 e. The molecule has 120 valence electrons. The summed E-state index contributed by atoms with van der Waals surface area (Å²) in [5.41, 5.74) is 0. The van der Waals surface area contributed by atoms with Crippen LogP contribution in [0, 0.1) is 5.92 Å². The molecular formula is C16H25N5O. The lowest BCUT2D eigenvalue weighted by molar-refractivity contribution is -0.122. The molecule has 0 aromatic carbocycles. The number of aromatic nitrogens is 2. The maximum absolute atomic E-state index is 12.1. The molecule has 2 atom stereocenters. The molecule has 0 bridgehead atoms. The van der Waals surface area contributed by atoms with Crippen LogP contribution in [0.3, 0.4) is 0 Å². The van der Waals surface area contributed by atoms with Gasteiger partial charge in [0.2, 0.25) is 11.9 Å². The second kappa shape index (κ2) is 7.54. The van der Waals surface area contributed by atoms with Crippen LogP contribution in [0.15, 0.2) is 18.5 Å². The standard InChI is InChI=1S/C16H25N5O/c22-15(5-4-13-6-9-17-11-13)20-14-3-1-10-21(12-14)16-18-7-2-8-19-16/h2,7-8,13-14,17H,1,3-6,9-12H2,(H,20,22). The number of anilines is 1. The van der Waals surface area contributed by atoms with Crippen molar-refractivity contribution in [1.29, 1.82) is 0 Å². The topological polar surface area (TPSA) is 70.2 Å². The Morgan fingerprint density at radius 2 is 2.23 bits per heavy atom. The summed E-state index contributed by atoms with van der Waals surface area (Å²) >= 11 is 0. The average Bonchev–Trinajstić information content (AvgIpc) is 3.08. The first-order valence-electron chi connectivity index (χ1n) is 8.33. The van der Waals surface area contributed by atoms with Gasteiger partial charge in [0.05, 0.1) is 0 Å². The summed E-state index contributed by atoms with van der Waals surface area (Å²) in [5, 5.41) is 6.54. The highest BCUT2D eigenvalue weighted by molar-refractivity contribution is 5.76. The minimum absolute atomic E-state index is 0.188. The molecule has 2 aliphatic heterocycles. The first-order chi connectivity index (χ1) is 10.8. The molecule has 2 unspecified atom stereocenters. The molecule has 6 nitrogen and oxygen atoms in total. The largest absolute Gasteiger partial charge is 0.352 e. The third-order valence-electron chi connectivity index (χ3n) is 4.56. The van der Waals surface area contributed by atoms with E-state index >= 15 is 0 Å². The highest BCUT2D eigenvalue weighted by Gasteiger charge is 2.23. The molecule has 0 aliphatic carbocycles. The lowest BCUT2D eigenvalue weighted by Crippen LogP contribution is -2.48. The number of rotatable bonds is 5. The quantitative estimate of drug-likeness (QED) is 0.847. The number of piperidine rings is 1. The minimum atomic E-state index is 0.188.